The van der Waals surface area contributed by atoms with E-state index in [1.165, 1.54) is 0 Å². The highest BCUT2D eigenvalue weighted by molar-refractivity contribution is 9.10. The number of benzene rings is 1. The molecule has 0 bridgehead atoms. The highest BCUT2D eigenvalue weighted by Gasteiger charge is 2.03. The van der Waals surface area contributed by atoms with Gasteiger partial charge < -0.3 is 4.74 Å². The molecule has 0 aliphatic heterocycles. The molecule has 0 saturated heterocycles. The minimum Gasteiger partial charge on any atom is -0.440 e. The van der Waals surface area contributed by atoms with Crippen molar-refractivity contribution in [2.45, 2.75) is 0 Å². The van der Waals surface area contributed by atoms with Crippen molar-refractivity contribution in [1.82, 2.24) is 14.6 Å². The van der Waals surface area contributed by atoms with Crippen LogP contribution in [0, 0.1) is 0 Å². The van der Waals surface area contributed by atoms with Crippen molar-refractivity contribution in [3.8, 4) is 11.6 Å². The van der Waals surface area contributed by atoms with Gasteiger partial charge in [-0.25, -0.2) is 0 Å². The molecule has 0 radical (unpaired) electrons. The lowest BCUT2D eigenvalue weighted by Crippen LogP contribution is -1.92. The Morgan fingerprint density at radius 1 is 1.12 bits per heavy atom. The Balaban J connectivity index is 2.02. The van der Waals surface area contributed by atoms with Crippen molar-refractivity contribution in [3.05, 3.63) is 53.3 Å². The van der Waals surface area contributed by atoms with Crippen molar-refractivity contribution in [3.63, 3.8) is 0 Å². The van der Waals surface area contributed by atoms with Gasteiger partial charge in [0, 0.05) is 4.47 Å². The van der Waals surface area contributed by atoms with E-state index in [1.54, 1.807) is 10.7 Å². The van der Waals surface area contributed by atoms with Crippen LogP contribution in [0.1, 0.15) is 0 Å². The first-order valence-corrected chi connectivity index (χ1v) is 5.84. The average molecular weight is 290 g/mol. The number of hydrogen-bond acceptors (Lipinski definition) is 3. The average Bonchev–Trinajstić information content (AvgIpc) is 2.78. The normalized spacial score (nSPS) is 10.6. The van der Waals surface area contributed by atoms with Crippen LogP contribution < -0.4 is 4.74 Å². The summed E-state index contributed by atoms with van der Waals surface area (Å²) in [5.74, 6) is 1.45. The van der Waals surface area contributed by atoms with Gasteiger partial charge in [0.05, 0.1) is 0 Å². The first kappa shape index (κ1) is 10.3. The second kappa shape index (κ2) is 4.18. The molecule has 5 heteroatoms. The third-order valence-electron chi connectivity index (χ3n) is 2.31. The van der Waals surface area contributed by atoms with Crippen LogP contribution in [-0.4, -0.2) is 14.6 Å². The molecule has 17 heavy (non-hydrogen) atoms. The number of rotatable bonds is 2. The molecule has 1 aromatic carbocycles. The molecule has 2 aromatic heterocycles. The molecular formula is C12H8BrN3O. The Morgan fingerprint density at radius 2 is 2.00 bits per heavy atom. The largest absolute Gasteiger partial charge is 0.440 e. The second-order valence-corrected chi connectivity index (χ2v) is 4.40. The summed E-state index contributed by atoms with van der Waals surface area (Å²) in [6, 6.07) is 13.3. The van der Waals surface area contributed by atoms with Crippen LogP contribution in [0.15, 0.2) is 53.3 Å². The van der Waals surface area contributed by atoms with E-state index in [1.807, 2.05) is 42.5 Å². The van der Waals surface area contributed by atoms with E-state index in [0.717, 1.165) is 15.9 Å². The number of halogens is 1. The molecule has 0 aliphatic carbocycles. The van der Waals surface area contributed by atoms with E-state index in [0.29, 0.717) is 5.88 Å². The minimum atomic E-state index is 0.686. The molecule has 4 nitrogen and oxygen atoms in total. The smallest absolute Gasteiger partial charge is 0.207 e. The van der Waals surface area contributed by atoms with Crippen LogP contribution in [0.5, 0.6) is 11.6 Å². The third-order valence-corrected chi connectivity index (χ3v) is 2.81. The van der Waals surface area contributed by atoms with Gasteiger partial charge >= 0.3 is 0 Å². The summed E-state index contributed by atoms with van der Waals surface area (Å²) in [5, 5.41) is 7.81. The topological polar surface area (TPSA) is 39.4 Å². The van der Waals surface area contributed by atoms with E-state index in [2.05, 4.69) is 26.1 Å². The maximum absolute atomic E-state index is 5.78. The molecule has 0 saturated carbocycles. The first-order valence-electron chi connectivity index (χ1n) is 5.05. The van der Waals surface area contributed by atoms with Crippen LogP contribution in [0.2, 0.25) is 0 Å². The SMILES string of the molecule is Brc1cccc(Oc2cccc3nncn23)c1. The quantitative estimate of drug-likeness (QED) is 0.727. The zero-order chi connectivity index (χ0) is 11.7. The standard InChI is InChI=1S/C12H8BrN3O/c13-9-3-1-4-10(7-9)17-12-6-2-5-11-15-14-8-16(11)12/h1-8H. The highest BCUT2D eigenvalue weighted by Crippen LogP contribution is 2.24. The van der Waals surface area contributed by atoms with Crippen molar-refractivity contribution < 1.29 is 4.74 Å². The number of hydrogen-bond donors (Lipinski definition) is 0. The fourth-order valence-corrected chi connectivity index (χ4v) is 1.94. The van der Waals surface area contributed by atoms with Crippen molar-refractivity contribution >= 4 is 21.6 Å². The van der Waals surface area contributed by atoms with Crippen LogP contribution in [-0.2, 0) is 0 Å². The van der Waals surface area contributed by atoms with Gasteiger partial charge in [-0.3, -0.25) is 4.40 Å². The monoisotopic (exact) mass is 289 g/mol. The molecule has 84 valence electrons. The first-order chi connectivity index (χ1) is 8.33. The molecule has 0 unspecified atom stereocenters. The van der Waals surface area contributed by atoms with Crippen LogP contribution in [0.4, 0.5) is 0 Å². The Hall–Kier alpha value is -1.88. The van der Waals surface area contributed by atoms with E-state index in [-0.39, 0.29) is 0 Å². The Kier molecular flexibility index (Phi) is 2.53. The Labute approximate surface area is 106 Å². The Morgan fingerprint density at radius 3 is 2.88 bits per heavy atom. The minimum absolute atomic E-state index is 0.686. The molecule has 0 amide bonds. The molecule has 0 atom stereocenters. The molecule has 3 rings (SSSR count). The molecule has 0 N–H and O–H groups in total. The molecule has 3 aromatic rings. The summed E-state index contributed by atoms with van der Waals surface area (Å²) < 4.78 is 8.55. The Bertz CT molecular complexity index is 665. The maximum atomic E-state index is 5.78. The van der Waals surface area contributed by atoms with Crippen molar-refractivity contribution in [2.75, 3.05) is 0 Å². The predicted octanol–water partition coefficient (Wildman–Crippen LogP) is 3.28. The van der Waals surface area contributed by atoms with Gasteiger partial charge in [0.15, 0.2) is 5.65 Å². The molecule has 0 spiro atoms. The fourth-order valence-electron chi connectivity index (χ4n) is 1.56. The van der Waals surface area contributed by atoms with Gasteiger partial charge in [-0.2, -0.15) is 0 Å². The van der Waals surface area contributed by atoms with Crippen LogP contribution in [0.3, 0.4) is 0 Å². The summed E-state index contributed by atoms with van der Waals surface area (Å²) in [7, 11) is 0. The number of nitrogens with zero attached hydrogens (tertiary/aromatic N) is 3. The molecule has 2 heterocycles. The predicted molar refractivity (Wildman–Crippen MR) is 67.2 cm³/mol. The summed E-state index contributed by atoms with van der Waals surface area (Å²) >= 11 is 3.41. The maximum Gasteiger partial charge on any atom is 0.207 e. The van der Waals surface area contributed by atoms with Gasteiger partial charge in [0.25, 0.3) is 0 Å². The van der Waals surface area contributed by atoms with Gasteiger partial charge in [0.1, 0.15) is 12.1 Å². The highest BCUT2D eigenvalue weighted by atomic mass is 79.9. The lowest BCUT2D eigenvalue weighted by molar-refractivity contribution is 0.455. The van der Waals surface area contributed by atoms with E-state index in [9.17, 15) is 0 Å². The third kappa shape index (κ3) is 2.01. The van der Waals surface area contributed by atoms with Crippen molar-refractivity contribution in [2.24, 2.45) is 0 Å². The van der Waals surface area contributed by atoms with Gasteiger partial charge in [0.2, 0.25) is 5.88 Å². The number of pyridine rings is 1. The number of aromatic nitrogens is 3. The zero-order valence-electron chi connectivity index (χ0n) is 8.75. The summed E-state index contributed by atoms with van der Waals surface area (Å²) in [6.45, 7) is 0. The van der Waals surface area contributed by atoms with E-state index < -0.39 is 0 Å². The van der Waals surface area contributed by atoms with Gasteiger partial charge in [-0.1, -0.05) is 28.1 Å². The zero-order valence-corrected chi connectivity index (χ0v) is 10.3. The second-order valence-electron chi connectivity index (χ2n) is 3.48. The number of ether oxygens (including phenoxy) is 1. The summed E-state index contributed by atoms with van der Waals surface area (Å²) in [5.41, 5.74) is 0.762. The van der Waals surface area contributed by atoms with Crippen LogP contribution in [0.25, 0.3) is 5.65 Å². The molecule has 0 fully saturated rings. The molecular weight excluding hydrogens is 282 g/mol. The lowest BCUT2D eigenvalue weighted by atomic mass is 10.3. The van der Waals surface area contributed by atoms with Gasteiger partial charge in [-0.05, 0) is 30.3 Å². The van der Waals surface area contributed by atoms with Crippen LogP contribution >= 0.6 is 15.9 Å². The lowest BCUT2D eigenvalue weighted by Gasteiger charge is -2.07. The van der Waals surface area contributed by atoms with Crippen molar-refractivity contribution in [1.29, 1.82) is 0 Å². The fraction of sp³-hybridized carbons (Fsp3) is 0. The molecule has 0 aliphatic rings. The number of fused-ring (bicyclic) bond motifs is 1. The summed E-state index contributed by atoms with van der Waals surface area (Å²) in [4.78, 5) is 0. The van der Waals surface area contributed by atoms with Gasteiger partial charge in [-0.15, -0.1) is 10.2 Å². The van der Waals surface area contributed by atoms with E-state index >= 15 is 0 Å². The van der Waals surface area contributed by atoms with E-state index in [4.69, 9.17) is 4.74 Å². The summed E-state index contributed by atoms with van der Waals surface area (Å²) in [6.07, 6.45) is 1.63.